The van der Waals surface area contributed by atoms with Crippen LogP contribution in [0.3, 0.4) is 0 Å². The first-order valence-electron chi connectivity index (χ1n) is 5.19. The molecule has 0 spiro atoms. The summed E-state index contributed by atoms with van der Waals surface area (Å²) in [4.78, 5) is 6.00. The van der Waals surface area contributed by atoms with E-state index in [1.54, 1.807) is 12.4 Å². The molecule has 0 aromatic carbocycles. The quantitative estimate of drug-likeness (QED) is 0.811. The highest BCUT2D eigenvalue weighted by Gasteiger charge is 2.29. The van der Waals surface area contributed by atoms with Crippen molar-refractivity contribution in [3.8, 4) is 0 Å². The molecule has 1 aromatic heterocycles. The molecule has 1 atom stereocenters. The van der Waals surface area contributed by atoms with Gasteiger partial charge < -0.3 is 10.0 Å². The number of rotatable bonds is 4. The zero-order chi connectivity index (χ0) is 11.5. The molecule has 1 heterocycles. The first-order chi connectivity index (χ1) is 6.94. The van der Waals surface area contributed by atoms with Crippen molar-refractivity contribution in [1.82, 2.24) is 9.88 Å². The van der Waals surface area contributed by atoms with Crippen LogP contribution >= 0.6 is 0 Å². The van der Waals surface area contributed by atoms with Gasteiger partial charge in [-0.2, -0.15) is 0 Å². The highest BCUT2D eigenvalue weighted by atomic mass is 16.3. The Bertz CT molecular complexity index is 296. The summed E-state index contributed by atoms with van der Waals surface area (Å²) in [5.41, 5.74) is 0.899. The minimum Gasteiger partial charge on any atom is -0.391 e. The maximum atomic E-state index is 10.1. The molecule has 84 valence electrons. The van der Waals surface area contributed by atoms with Crippen LogP contribution in [-0.2, 0) is 6.42 Å². The van der Waals surface area contributed by atoms with Crippen molar-refractivity contribution in [2.75, 3.05) is 14.1 Å². The lowest BCUT2D eigenvalue weighted by Crippen LogP contribution is -2.49. The maximum Gasteiger partial charge on any atom is 0.0758 e. The van der Waals surface area contributed by atoms with Crippen LogP contribution in [0.25, 0.3) is 0 Å². The molecule has 3 nitrogen and oxygen atoms in total. The summed E-state index contributed by atoms with van der Waals surface area (Å²) >= 11 is 0. The second-order valence-electron chi connectivity index (χ2n) is 4.62. The van der Waals surface area contributed by atoms with Gasteiger partial charge in [0.1, 0.15) is 0 Å². The summed E-state index contributed by atoms with van der Waals surface area (Å²) in [6, 6.07) is 3.88. The van der Waals surface area contributed by atoms with Crippen molar-refractivity contribution < 1.29 is 5.11 Å². The largest absolute Gasteiger partial charge is 0.391 e. The van der Waals surface area contributed by atoms with Gasteiger partial charge in [0.05, 0.1) is 6.10 Å². The van der Waals surface area contributed by atoms with Crippen LogP contribution in [0.4, 0.5) is 0 Å². The summed E-state index contributed by atoms with van der Waals surface area (Å²) < 4.78 is 0. The Labute approximate surface area is 91.8 Å². The highest BCUT2D eigenvalue weighted by Crippen LogP contribution is 2.19. The minimum absolute atomic E-state index is 0.219. The van der Waals surface area contributed by atoms with E-state index in [1.807, 2.05) is 45.0 Å². The number of hydrogen-bond donors (Lipinski definition) is 1. The van der Waals surface area contributed by atoms with Gasteiger partial charge in [-0.15, -0.1) is 0 Å². The van der Waals surface area contributed by atoms with Gasteiger partial charge in [0.25, 0.3) is 0 Å². The maximum absolute atomic E-state index is 10.1. The summed E-state index contributed by atoms with van der Waals surface area (Å²) in [6.07, 6.45) is 3.79. The summed E-state index contributed by atoms with van der Waals surface area (Å²) in [5.74, 6) is 0. The number of likely N-dealkylation sites (N-methyl/N-ethyl adjacent to an activating group) is 1. The number of nitrogens with zero attached hydrogens (tertiary/aromatic N) is 2. The lowest BCUT2D eigenvalue weighted by Gasteiger charge is -2.37. The van der Waals surface area contributed by atoms with E-state index in [1.165, 1.54) is 0 Å². The first-order valence-corrected chi connectivity index (χ1v) is 5.19. The van der Waals surface area contributed by atoms with Crippen LogP contribution in [0.15, 0.2) is 24.5 Å². The van der Waals surface area contributed by atoms with Crippen molar-refractivity contribution in [2.45, 2.75) is 31.9 Å². The summed E-state index contributed by atoms with van der Waals surface area (Å²) in [5, 5.41) is 10.1. The predicted octanol–water partition coefficient (Wildman–Crippen LogP) is 1.33. The zero-order valence-corrected chi connectivity index (χ0v) is 9.94. The van der Waals surface area contributed by atoms with E-state index in [4.69, 9.17) is 0 Å². The molecule has 1 N–H and O–H groups in total. The Morgan fingerprint density at radius 2 is 1.87 bits per heavy atom. The van der Waals surface area contributed by atoms with Gasteiger partial charge in [-0.05, 0) is 45.6 Å². The van der Waals surface area contributed by atoms with Crippen LogP contribution in [0.5, 0.6) is 0 Å². The Kier molecular flexibility index (Phi) is 3.83. The van der Waals surface area contributed by atoms with Gasteiger partial charge in [-0.1, -0.05) is 0 Å². The van der Waals surface area contributed by atoms with Gasteiger partial charge in [-0.3, -0.25) is 4.98 Å². The van der Waals surface area contributed by atoms with Crippen molar-refractivity contribution >= 4 is 0 Å². The topological polar surface area (TPSA) is 36.4 Å². The lowest BCUT2D eigenvalue weighted by molar-refractivity contribution is 0.0182. The lowest BCUT2D eigenvalue weighted by atomic mass is 9.91. The average Bonchev–Trinajstić information content (AvgIpc) is 2.18. The molecule has 0 bridgehead atoms. The normalized spacial score (nSPS) is 14.3. The van der Waals surface area contributed by atoms with E-state index in [-0.39, 0.29) is 11.6 Å². The second kappa shape index (κ2) is 4.73. The molecule has 0 amide bonds. The summed E-state index contributed by atoms with van der Waals surface area (Å²) in [7, 11) is 3.96. The smallest absolute Gasteiger partial charge is 0.0758 e. The SMILES string of the molecule is CN(C)C(C)(C)C(O)Cc1ccncc1. The fourth-order valence-electron chi connectivity index (χ4n) is 1.29. The van der Waals surface area contributed by atoms with Crippen molar-refractivity contribution in [3.63, 3.8) is 0 Å². The summed E-state index contributed by atoms with van der Waals surface area (Å²) in [6.45, 7) is 4.08. The van der Waals surface area contributed by atoms with Crippen LogP contribution in [-0.4, -0.2) is 40.7 Å². The predicted molar refractivity (Wildman–Crippen MR) is 61.7 cm³/mol. The van der Waals surface area contributed by atoms with Gasteiger partial charge in [0.15, 0.2) is 0 Å². The molecule has 1 aromatic rings. The molecule has 1 unspecified atom stereocenters. The average molecular weight is 208 g/mol. The van der Waals surface area contributed by atoms with Gasteiger partial charge in [-0.25, -0.2) is 0 Å². The Morgan fingerprint density at radius 1 is 1.33 bits per heavy atom. The van der Waals surface area contributed by atoms with Crippen molar-refractivity contribution in [1.29, 1.82) is 0 Å². The Morgan fingerprint density at radius 3 is 2.33 bits per heavy atom. The number of aromatic nitrogens is 1. The Hall–Kier alpha value is -0.930. The van der Waals surface area contributed by atoms with Crippen LogP contribution < -0.4 is 0 Å². The van der Waals surface area contributed by atoms with E-state index >= 15 is 0 Å². The fourth-order valence-corrected chi connectivity index (χ4v) is 1.29. The molecule has 0 saturated heterocycles. The van der Waals surface area contributed by atoms with Gasteiger partial charge in [0.2, 0.25) is 0 Å². The van der Waals surface area contributed by atoms with Gasteiger partial charge >= 0.3 is 0 Å². The molecule has 0 fully saturated rings. The third kappa shape index (κ3) is 3.01. The standard InChI is InChI=1S/C12H20N2O/c1-12(2,14(3)4)11(15)9-10-5-7-13-8-6-10/h5-8,11,15H,9H2,1-4H3. The van der Waals surface area contributed by atoms with Crippen LogP contribution in [0, 0.1) is 0 Å². The third-order valence-electron chi connectivity index (χ3n) is 3.15. The van der Waals surface area contributed by atoms with Crippen molar-refractivity contribution in [2.24, 2.45) is 0 Å². The van der Waals surface area contributed by atoms with Crippen LogP contribution in [0.1, 0.15) is 19.4 Å². The van der Waals surface area contributed by atoms with E-state index < -0.39 is 0 Å². The van der Waals surface area contributed by atoms with E-state index in [9.17, 15) is 5.11 Å². The van der Waals surface area contributed by atoms with E-state index in [0.717, 1.165) is 5.56 Å². The number of aliphatic hydroxyl groups is 1. The monoisotopic (exact) mass is 208 g/mol. The molecule has 0 aliphatic heterocycles. The third-order valence-corrected chi connectivity index (χ3v) is 3.15. The second-order valence-corrected chi connectivity index (χ2v) is 4.62. The number of hydrogen-bond acceptors (Lipinski definition) is 3. The molecule has 0 saturated carbocycles. The molecule has 0 radical (unpaired) electrons. The van der Waals surface area contributed by atoms with Crippen LogP contribution in [0.2, 0.25) is 0 Å². The fraction of sp³-hybridized carbons (Fsp3) is 0.583. The Balaban J connectivity index is 2.67. The number of aliphatic hydroxyl groups excluding tert-OH is 1. The first kappa shape index (κ1) is 12.1. The van der Waals surface area contributed by atoms with Crippen molar-refractivity contribution in [3.05, 3.63) is 30.1 Å². The highest BCUT2D eigenvalue weighted by molar-refractivity contribution is 5.12. The van der Waals surface area contributed by atoms with E-state index in [2.05, 4.69) is 4.98 Å². The molecule has 1 rings (SSSR count). The molecule has 0 aliphatic carbocycles. The molecule has 3 heteroatoms. The van der Waals surface area contributed by atoms with E-state index in [0.29, 0.717) is 6.42 Å². The minimum atomic E-state index is -0.380. The molecular formula is C12H20N2O. The molecule has 0 aliphatic rings. The molecular weight excluding hydrogens is 188 g/mol. The molecule has 15 heavy (non-hydrogen) atoms. The van der Waals surface area contributed by atoms with Gasteiger partial charge in [0, 0.05) is 24.4 Å². The zero-order valence-electron chi connectivity index (χ0n) is 9.94. The number of pyridine rings is 1.